The summed E-state index contributed by atoms with van der Waals surface area (Å²) in [5.41, 5.74) is 1.20. The second-order valence-electron chi connectivity index (χ2n) is 7.44. The van der Waals surface area contributed by atoms with Crippen LogP contribution in [0.2, 0.25) is 0 Å². The summed E-state index contributed by atoms with van der Waals surface area (Å²) in [6, 6.07) is 19.2. The number of para-hydroxylation sites is 1. The van der Waals surface area contributed by atoms with Gasteiger partial charge in [0.2, 0.25) is 0 Å². The van der Waals surface area contributed by atoms with Crippen LogP contribution in [0.4, 0.5) is 24.5 Å². The second kappa shape index (κ2) is 8.54. The molecule has 0 aromatic heterocycles. The Balaban J connectivity index is 1.55. The quantitative estimate of drug-likeness (QED) is 0.587. The fourth-order valence-corrected chi connectivity index (χ4v) is 3.90. The Kier molecular flexibility index (Phi) is 5.78. The summed E-state index contributed by atoms with van der Waals surface area (Å²) >= 11 is 0. The number of halogens is 3. The van der Waals surface area contributed by atoms with E-state index in [1.807, 2.05) is 29.2 Å². The number of nitrogens with zero attached hydrogens (tertiary/aromatic N) is 2. The first-order chi connectivity index (χ1) is 15.3. The number of ether oxygens (including phenoxy) is 1. The number of hydrogen-bond donors (Lipinski definition) is 2. The molecule has 0 amide bonds. The van der Waals surface area contributed by atoms with Gasteiger partial charge in [-0.1, -0.05) is 18.2 Å². The first-order valence-corrected chi connectivity index (χ1v) is 9.86. The molecule has 2 N–H and O–H groups in total. The molecule has 0 aliphatic carbocycles. The van der Waals surface area contributed by atoms with Crippen LogP contribution in [0.25, 0.3) is 0 Å². The van der Waals surface area contributed by atoms with Gasteiger partial charge < -0.3 is 19.8 Å². The number of rotatable bonds is 5. The first kappa shape index (κ1) is 21.7. The molecule has 5 nitrogen and oxygen atoms in total. The van der Waals surface area contributed by atoms with E-state index in [1.54, 1.807) is 30.3 Å². The zero-order chi connectivity index (χ0) is 22.9. The highest BCUT2D eigenvalue weighted by Crippen LogP contribution is 2.42. The molecule has 2 atom stereocenters. The minimum absolute atomic E-state index is 0.125. The van der Waals surface area contributed by atoms with E-state index in [0.29, 0.717) is 12.3 Å². The Morgan fingerprint density at radius 3 is 2.41 bits per heavy atom. The molecule has 0 spiro atoms. The lowest BCUT2D eigenvalue weighted by Gasteiger charge is -2.21. The van der Waals surface area contributed by atoms with Crippen LogP contribution in [0.3, 0.4) is 0 Å². The summed E-state index contributed by atoms with van der Waals surface area (Å²) < 4.78 is 44.5. The van der Waals surface area contributed by atoms with E-state index < -0.39 is 23.4 Å². The standard InChI is InChI=1S/C24H19F3N2O3/c25-24(26,27)21-10-9-18(11-15(21)12-28)32-17-7-5-16(6-8-17)29-13-20(23(31)14-30)19-3-1-2-4-22(19)29/h1-11,20,23,30-31H,13-14H2. The summed E-state index contributed by atoms with van der Waals surface area (Å²) in [6.45, 7) is 0.156. The van der Waals surface area contributed by atoms with E-state index in [9.17, 15) is 23.4 Å². The van der Waals surface area contributed by atoms with Crippen molar-refractivity contribution in [3.8, 4) is 17.6 Å². The lowest BCUT2D eigenvalue weighted by atomic mass is 9.96. The SMILES string of the molecule is N#Cc1cc(Oc2ccc(N3CC(C(O)CO)c4ccccc43)cc2)ccc1C(F)(F)F. The van der Waals surface area contributed by atoms with Gasteiger partial charge in [-0.3, -0.25) is 0 Å². The Hall–Kier alpha value is -3.54. The van der Waals surface area contributed by atoms with Gasteiger partial charge in [-0.15, -0.1) is 0 Å². The van der Waals surface area contributed by atoms with Crippen LogP contribution in [-0.4, -0.2) is 29.5 Å². The number of aliphatic hydroxyl groups is 2. The van der Waals surface area contributed by atoms with Gasteiger partial charge >= 0.3 is 6.18 Å². The van der Waals surface area contributed by atoms with E-state index in [0.717, 1.165) is 29.1 Å². The minimum Gasteiger partial charge on any atom is -0.457 e. The largest absolute Gasteiger partial charge is 0.457 e. The van der Waals surface area contributed by atoms with Crippen molar-refractivity contribution in [2.24, 2.45) is 0 Å². The molecule has 0 saturated carbocycles. The van der Waals surface area contributed by atoms with Gasteiger partial charge in [-0.2, -0.15) is 18.4 Å². The summed E-state index contributed by atoms with van der Waals surface area (Å²) in [5.74, 6) is 0.292. The molecule has 1 aliphatic heterocycles. The third kappa shape index (κ3) is 4.13. The van der Waals surface area contributed by atoms with Crippen LogP contribution in [0, 0.1) is 11.3 Å². The predicted octanol–water partition coefficient (Wildman–Crippen LogP) is 4.96. The molecule has 8 heteroatoms. The van der Waals surface area contributed by atoms with Crippen molar-refractivity contribution in [2.75, 3.05) is 18.1 Å². The molecule has 3 aromatic carbocycles. The van der Waals surface area contributed by atoms with Gasteiger partial charge in [0.1, 0.15) is 11.5 Å². The molecule has 0 saturated heterocycles. The maximum absolute atomic E-state index is 13.0. The van der Waals surface area contributed by atoms with Gasteiger partial charge in [0, 0.05) is 23.8 Å². The Labute approximate surface area is 182 Å². The molecule has 4 rings (SSSR count). The van der Waals surface area contributed by atoms with Crippen LogP contribution in [0.15, 0.2) is 66.7 Å². The Morgan fingerprint density at radius 1 is 1.06 bits per heavy atom. The van der Waals surface area contributed by atoms with Crippen LogP contribution in [0.1, 0.15) is 22.6 Å². The van der Waals surface area contributed by atoms with Gasteiger partial charge in [0.05, 0.1) is 29.9 Å². The minimum atomic E-state index is -4.61. The molecular weight excluding hydrogens is 421 g/mol. The number of aliphatic hydroxyl groups excluding tert-OH is 2. The average molecular weight is 440 g/mol. The Morgan fingerprint density at radius 2 is 1.75 bits per heavy atom. The third-order valence-electron chi connectivity index (χ3n) is 5.46. The van der Waals surface area contributed by atoms with Crippen molar-refractivity contribution in [3.63, 3.8) is 0 Å². The summed E-state index contributed by atoms with van der Waals surface area (Å²) in [6.07, 6.45) is -5.49. The fraction of sp³-hybridized carbons (Fsp3) is 0.208. The van der Waals surface area contributed by atoms with Crippen LogP contribution in [0.5, 0.6) is 11.5 Å². The fourth-order valence-electron chi connectivity index (χ4n) is 3.90. The number of nitriles is 1. The molecular formula is C24H19F3N2O3. The van der Waals surface area contributed by atoms with Gasteiger partial charge in [-0.05, 0) is 54.1 Å². The van der Waals surface area contributed by atoms with Crippen molar-refractivity contribution >= 4 is 11.4 Å². The highest BCUT2D eigenvalue weighted by molar-refractivity contribution is 5.71. The second-order valence-corrected chi connectivity index (χ2v) is 7.44. The van der Waals surface area contributed by atoms with Gasteiger partial charge in [0.25, 0.3) is 0 Å². The number of anilines is 2. The molecule has 1 aliphatic rings. The average Bonchev–Trinajstić information content (AvgIpc) is 3.18. The number of fused-ring (bicyclic) bond motifs is 1. The van der Waals surface area contributed by atoms with Crippen LogP contribution >= 0.6 is 0 Å². The van der Waals surface area contributed by atoms with Crippen molar-refractivity contribution in [2.45, 2.75) is 18.2 Å². The van der Waals surface area contributed by atoms with Crippen molar-refractivity contribution in [1.82, 2.24) is 0 Å². The maximum atomic E-state index is 13.0. The molecule has 164 valence electrons. The molecule has 1 heterocycles. The predicted molar refractivity (Wildman–Crippen MR) is 112 cm³/mol. The first-order valence-electron chi connectivity index (χ1n) is 9.86. The van der Waals surface area contributed by atoms with Crippen molar-refractivity contribution < 1.29 is 28.1 Å². The van der Waals surface area contributed by atoms with Gasteiger partial charge in [0.15, 0.2) is 0 Å². The topological polar surface area (TPSA) is 76.7 Å². The molecule has 32 heavy (non-hydrogen) atoms. The van der Waals surface area contributed by atoms with E-state index in [4.69, 9.17) is 10.00 Å². The smallest absolute Gasteiger partial charge is 0.417 e. The number of benzene rings is 3. The zero-order valence-corrected chi connectivity index (χ0v) is 16.8. The third-order valence-corrected chi connectivity index (χ3v) is 5.46. The van der Waals surface area contributed by atoms with E-state index in [1.165, 1.54) is 6.07 Å². The van der Waals surface area contributed by atoms with Gasteiger partial charge in [-0.25, -0.2) is 0 Å². The molecule has 0 fully saturated rings. The maximum Gasteiger partial charge on any atom is 0.417 e. The molecule has 0 bridgehead atoms. The molecule has 2 unspecified atom stereocenters. The van der Waals surface area contributed by atoms with Crippen LogP contribution in [-0.2, 0) is 6.18 Å². The normalized spacial score (nSPS) is 16.4. The van der Waals surface area contributed by atoms with Crippen molar-refractivity contribution in [3.05, 3.63) is 83.4 Å². The van der Waals surface area contributed by atoms with E-state index in [-0.39, 0.29) is 18.3 Å². The zero-order valence-electron chi connectivity index (χ0n) is 16.8. The molecule has 3 aromatic rings. The van der Waals surface area contributed by atoms with E-state index in [2.05, 4.69) is 0 Å². The summed E-state index contributed by atoms with van der Waals surface area (Å²) in [4.78, 5) is 2.02. The summed E-state index contributed by atoms with van der Waals surface area (Å²) in [7, 11) is 0. The lowest BCUT2D eigenvalue weighted by Crippen LogP contribution is -2.26. The molecule has 0 radical (unpaired) electrons. The van der Waals surface area contributed by atoms with Crippen molar-refractivity contribution in [1.29, 1.82) is 5.26 Å². The summed E-state index contributed by atoms with van der Waals surface area (Å²) in [5, 5.41) is 28.6. The van der Waals surface area contributed by atoms with E-state index >= 15 is 0 Å². The Bertz CT molecular complexity index is 1160. The lowest BCUT2D eigenvalue weighted by molar-refractivity contribution is -0.137. The monoisotopic (exact) mass is 440 g/mol. The van der Waals surface area contributed by atoms with Crippen LogP contribution < -0.4 is 9.64 Å². The highest BCUT2D eigenvalue weighted by Gasteiger charge is 2.34. The number of hydrogen-bond acceptors (Lipinski definition) is 5. The number of alkyl halides is 3. The highest BCUT2D eigenvalue weighted by atomic mass is 19.4.